The van der Waals surface area contributed by atoms with Crippen LogP contribution in [0.2, 0.25) is 0 Å². The minimum atomic E-state index is 1.12. The fourth-order valence-electron chi connectivity index (χ4n) is 0.723. The number of allylic oxidation sites excluding steroid dienone is 3. The number of benzene rings is 1. The lowest BCUT2D eigenvalue weighted by Gasteiger charge is -1.94. The van der Waals surface area contributed by atoms with Crippen molar-refractivity contribution in [3.05, 3.63) is 67.8 Å². The molecule has 1 rings (SSSR count). The topological polar surface area (TPSA) is 0 Å². The quantitative estimate of drug-likeness (QED) is 0.590. The maximum atomic E-state index is 3.83. The van der Waals surface area contributed by atoms with Gasteiger partial charge in [-0.1, -0.05) is 67.8 Å². The minimum absolute atomic E-state index is 1.12. The second-order valence-corrected chi connectivity index (χ2v) is 2.62. The summed E-state index contributed by atoms with van der Waals surface area (Å²) >= 11 is 0. The molecule has 1 aromatic rings. The van der Waals surface area contributed by atoms with E-state index in [1.165, 1.54) is 5.56 Å². The Kier molecular flexibility index (Phi) is 6.26. The lowest BCUT2D eigenvalue weighted by Crippen LogP contribution is -1.72. The first-order valence-corrected chi connectivity index (χ1v) is 4.16. The van der Waals surface area contributed by atoms with Crippen molar-refractivity contribution >= 4 is 5.57 Å². The standard InChI is InChI=1S/C9H10.C4H6/c1-8(2)9-6-4-3-5-7-9;1-3-4-2/h3-7H,1H2,2H3;3-4H,1-2H2. The molecule has 1 aromatic carbocycles. The summed E-state index contributed by atoms with van der Waals surface area (Å²) in [6.45, 7) is 12.6. The summed E-state index contributed by atoms with van der Waals surface area (Å²) in [7, 11) is 0. The van der Waals surface area contributed by atoms with E-state index in [4.69, 9.17) is 0 Å². The molecule has 0 amide bonds. The lowest BCUT2D eigenvalue weighted by atomic mass is 10.1. The van der Waals surface area contributed by atoms with Crippen LogP contribution >= 0.6 is 0 Å². The fraction of sp³-hybridized carbons (Fsp3) is 0.0769. The van der Waals surface area contributed by atoms with E-state index in [9.17, 15) is 0 Å². The predicted molar refractivity (Wildman–Crippen MR) is 61.5 cm³/mol. The van der Waals surface area contributed by atoms with Crippen LogP contribution in [0.15, 0.2) is 62.2 Å². The summed E-state index contributed by atoms with van der Waals surface area (Å²) < 4.78 is 0. The first-order chi connectivity index (χ1) is 6.22. The average molecular weight is 172 g/mol. The molecule has 0 spiro atoms. The van der Waals surface area contributed by atoms with Crippen molar-refractivity contribution in [1.29, 1.82) is 0 Å². The maximum absolute atomic E-state index is 3.83. The molecule has 0 nitrogen and oxygen atoms in total. The summed E-state index contributed by atoms with van der Waals surface area (Å²) in [6, 6.07) is 10.2. The van der Waals surface area contributed by atoms with Crippen LogP contribution in [0.25, 0.3) is 5.57 Å². The van der Waals surface area contributed by atoms with Gasteiger partial charge in [-0.3, -0.25) is 0 Å². The molecular formula is C13H16. The number of hydrogen-bond acceptors (Lipinski definition) is 0. The number of rotatable bonds is 2. The molecule has 0 aliphatic heterocycles. The molecule has 0 bridgehead atoms. The van der Waals surface area contributed by atoms with E-state index < -0.39 is 0 Å². The van der Waals surface area contributed by atoms with E-state index in [0.717, 1.165) is 5.57 Å². The Morgan fingerprint density at radius 1 is 1.08 bits per heavy atom. The molecule has 13 heavy (non-hydrogen) atoms. The molecule has 0 unspecified atom stereocenters. The SMILES string of the molecule is C=C(C)c1ccccc1.C=CC=C. The maximum Gasteiger partial charge on any atom is -0.0233 e. The van der Waals surface area contributed by atoms with Gasteiger partial charge in [0, 0.05) is 0 Å². The Labute approximate surface area is 80.9 Å². The van der Waals surface area contributed by atoms with Gasteiger partial charge in [0.25, 0.3) is 0 Å². The van der Waals surface area contributed by atoms with Crippen LogP contribution in [0.1, 0.15) is 12.5 Å². The van der Waals surface area contributed by atoms with Crippen molar-refractivity contribution in [3.63, 3.8) is 0 Å². The van der Waals surface area contributed by atoms with E-state index in [1.54, 1.807) is 12.2 Å². The van der Waals surface area contributed by atoms with Gasteiger partial charge in [-0.05, 0) is 12.5 Å². The Morgan fingerprint density at radius 2 is 1.54 bits per heavy atom. The van der Waals surface area contributed by atoms with E-state index in [2.05, 4.69) is 31.9 Å². The Morgan fingerprint density at radius 3 is 1.77 bits per heavy atom. The van der Waals surface area contributed by atoms with Crippen molar-refractivity contribution in [2.75, 3.05) is 0 Å². The molecule has 0 atom stereocenters. The third-order valence-electron chi connectivity index (χ3n) is 1.43. The predicted octanol–water partition coefficient (Wildman–Crippen LogP) is 4.08. The number of hydrogen-bond donors (Lipinski definition) is 0. The van der Waals surface area contributed by atoms with Crippen LogP contribution in [0.4, 0.5) is 0 Å². The second-order valence-electron chi connectivity index (χ2n) is 2.62. The molecule has 0 radical (unpaired) electrons. The first-order valence-electron chi connectivity index (χ1n) is 4.16. The van der Waals surface area contributed by atoms with Gasteiger partial charge < -0.3 is 0 Å². The molecule has 0 fully saturated rings. The minimum Gasteiger partial charge on any atom is -0.0991 e. The summed E-state index contributed by atoms with van der Waals surface area (Å²) in [5.74, 6) is 0. The zero-order valence-corrected chi connectivity index (χ0v) is 8.16. The van der Waals surface area contributed by atoms with Crippen LogP contribution < -0.4 is 0 Å². The molecule has 0 heterocycles. The van der Waals surface area contributed by atoms with E-state index in [1.807, 2.05) is 25.1 Å². The van der Waals surface area contributed by atoms with Crippen LogP contribution in [-0.2, 0) is 0 Å². The molecular weight excluding hydrogens is 156 g/mol. The van der Waals surface area contributed by atoms with E-state index >= 15 is 0 Å². The van der Waals surface area contributed by atoms with Crippen LogP contribution in [0.5, 0.6) is 0 Å². The van der Waals surface area contributed by atoms with Crippen molar-refractivity contribution in [2.45, 2.75) is 6.92 Å². The van der Waals surface area contributed by atoms with Crippen molar-refractivity contribution in [2.24, 2.45) is 0 Å². The third-order valence-corrected chi connectivity index (χ3v) is 1.43. The largest absolute Gasteiger partial charge is 0.0991 e. The monoisotopic (exact) mass is 172 g/mol. The Balaban J connectivity index is 0.000000310. The molecule has 0 saturated heterocycles. The molecule has 0 aliphatic carbocycles. The second kappa shape index (κ2) is 7.11. The fourth-order valence-corrected chi connectivity index (χ4v) is 0.723. The highest BCUT2D eigenvalue weighted by molar-refractivity contribution is 5.60. The van der Waals surface area contributed by atoms with Crippen molar-refractivity contribution in [3.8, 4) is 0 Å². The van der Waals surface area contributed by atoms with Gasteiger partial charge in [0.05, 0.1) is 0 Å². The molecule has 0 heteroatoms. The van der Waals surface area contributed by atoms with Gasteiger partial charge in [0.1, 0.15) is 0 Å². The van der Waals surface area contributed by atoms with Gasteiger partial charge in [0.15, 0.2) is 0 Å². The van der Waals surface area contributed by atoms with Crippen LogP contribution in [0, 0.1) is 0 Å². The Hall–Kier alpha value is -1.56. The highest BCUT2D eigenvalue weighted by Crippen LogP contribution is 2.08. The third kappa shape index (κ3) is 5.68. The zero-order valence-electron chi connectivity index (χ0n) is 8.16. The molecule has 0 N–H and O–H groups in total. The van der Waals surface area contributed by atoms with Gasteiger partial charge in [-0.2, -0.15) is 0 Å². The summed E-state index contributed by atoms with van der Waals surface area (Å²) in [6.07, 6.45) is 3.28. The zero-order chi connectivity index (χ0) is 10.1. The van der Waals surface area contributed by atoms with Crippen LogP contribution in [-0.4, -0.2) is 0 Å². The molecule has 68 valence electrons. The molecule has 0 aromatic heterocycles. The summed E-state index contributed by atoms with van der Waals surface area (Å²) in [5.41, 5.74) is 2.34. The van der Waals surface area contributed by atoms with E-state index in [0.29, 0.717) is 0 Å². The average Bonchev–Trinajstić information content (AvgIpc) is 2.19. The Bertz CT molecular complexity index is 261. The van der Waals surface area contributed by atoms with Gasteiger partial charge in [-0.15, -0.1) is 0 Å². The van der Waals surface area contributed by atoms with Crippen LogP contribution in [0.3, 0.4) is 0 Å². The highest BCUT2D eigenvalue weighted by Gasteiger charge is 1.86. The van der Waals surface area contributed by atoms with Crippen molar-refractivity contribution < 1.29 is 0 Å². The van der Waals surface area contributed by atoms with Gasteiger partial charge in [-0.25, -0.2) is 0 Å². The molecule has 0 aliphatic rings. The normalized spacial score (nSPS) is 7.77. The summed E-state index contributed by atoms with van der Waals surface area (Å²) in [5, 5.41) is 0. The first kappa shape index (κ1) is 11.4. The van der Waals surface area contributed by atoms with Crippen molar-refractivity contribution in [1.82, 2.24) is 0 Å². The highest BCUT2D eigenvalue weighted by atomic mass is 13.9. The summed E-state index contributed by atoms with van der Waals surface area (Å²) in [4.78, 5) is 0. The lowest BCUT2D eigenvalue weighted by molar-refractivity contribution is 1.58. The van der Waals surface area contributed by atoms with E-state index in [-0.39, 0.29) is 0 Å². The smallest absolute Gasteiger partial charge is 0.0233 e. The van der Waals surface area contributed by atoms with Gasteiger partial charge >= 0.3 is 0 Å². The van der Waals surface area contributed by atoms with Gasteiger partial charge in [0.2, 0.25) is 0 Å². The molecule has 0 saturated carbocycles.